The Hall–Kier alpha value is -1.97. The number of fused-ring (bicyclic) bond motifs is 1. The zero-order valence-electron chi connectivity index (χ0n) is 12.0. The van der Waals surface area contributed by atoms with Crippen LogP contribution in [0.5, 0.6) is 0 Å². The highest BCUT2D eigenvalue weighted by atomic mass is 16.1. The van der Waals surface area contributed by atoms with Gasteiger partial charge in [0.1, 0.15) is 5.78 Å². The number of piperidine rings is 1. The van der Waals surface area contributed by atoms with Crippen molar-refractivity contribution < 1.29 is 4.79 Å². The van der Waals surface area contributed by atoms with Gasteiger partial charge in [0.2, 0.25) is 0 Å². The first-order chi connectivity index (χ1) is 9.65. The first-order valence-corrected chi connectivity index (χ1v) is 7.14. The molecule has 2 aromatic rings. The molecule has 0 bridgehead atoms. The van der Waals surface area contributed by atoms with Gasteiger partial charge in [0, 0.05) is 19.0 Å². The number of carbonyl (C=O) groups is 1. The smallest absolute Gasteiger partial charge is 0.150 e. The van der Waals surface area contributed by atoms with Crippen LogP contribution in [0.1, 0.15) is 25.5 Å². The summed E-state index contributed by atoms with van der Waals surface area (Å²) in [6.45, 7) is 5.40. The number of aryl methyl sites for hydroxylation is 1. The van der Waals surface area contributed by atoms with Crippen LogP contribution in [0.3, 0.4) is 0 Å². The van der Waals surface area contributed by atoms with Crippen molar-refractivity contribution in [2.45, 2.75) is 26.7 Å². The standard InChI is InChI=1S/C16H19N3O/c1-11-16(18-15-8-4-3-7-14(15)17-11)19-9-5-6-13(10-19)12(2)20/h3-4,7-8,13H,5-6,9-10H2,1-2H3. The van der Waals surface area contributed by atoms with Gasteiger partial charge >= 0.3 is 0 Å². The predicted octanol–water partition coefficient (Wildman–Crippen LogP) is 2.74. The molecule has 1 aliphatic heterocycles. The summed E-state index contributed by atoms with van der Waals surface area (Å²) in [5, 5.41) is 0. The molecule has 1 saturated heterocycles. The molecule has 0 radical (unpaired) electrons. The normalized spacial score (nSPS) is 19.3. The first kappa shape index (κ1) is 13.0. The SMILES string of the molecule is CC(=O)C1CCCN(c2nc3ccccc3nc2C)C1. The number of carbonyl (C=O) groups excluding carboxylic acids is 1. The lowest BCUT2D eigenvalue weighted by molar-refractivity contribution is -0.120. The minimum absolute atomic E-state index is 0.136. The molecule has 1 aromatic carbocycles. The molecule has 0 N–H and O–H groups in total. The van der Waals surface area contributed by atoms with E-state index in [0.717, 1.165) is 48.5 Å². The number of anilines is 1. The van der Waals surface area contributed by atoms with Crippen LogP contribution in [0.4, 0.5) is 5.82 Å². The Labute approximate surface area is 118 Å². The molecule has 2 heterocycles. The van der Waals surface area contributed by atoms with Gasteiger partial charge in [0.15, 0.2) is 5.82 Å². The highest BCUT2D eigenvalue weighted by Crippen LogP contribution is 2.25. The molecule has 1 aromatic heterocycles. The van der Waals surface area contributed by atoms with E-state index in [4.69, 9.17) is 4.98 Å². The molecule has 1 atom stereocenters. The fraction of sp³-hybridized carbons (Fsp3) is 0.438. The average Bonchev–Trinajstić information content (AvgIpc) is 2.46. The minimum Gasteiger partial charge on any atom is -0.354 e. The molecule has 20 heavy (non-hydrogen) atoms. The number of nitrogens with zero attached hydrogens (tertiary/aromatic N) is 3. The molecule has 0 spiro atoms. The molecule has 4 heteroatoms. The van der Waals surface area contributed by atoms with Crippen LogP contribution >= 0.6 is 0 Å². The van der Waals surface area contributed by atoms with E-state index in [2.05, 4.69) is 9.88 Å². The van der Waals surface area contributed by atoms with Crippen LogP contribution in [0.2, 0.25) is 0 Å². The molecular formula is C16H19N3O. The Kier molecular flexibility index (Phi) is 3.38. The van der Waals surface area contributed by atoms with E-state index < -0.39 is 0 Å². The van der Waals surface area contributed by atoms with Gasteiger partial charge in [0.05, 0.1) is 16.7 Å². The van der Waals surface area contributed by atoms with Crippen LogP contribution < -0.4 is 4.90 Å². The summed E-state index contributed by atoms with van der Waals surface area (Å²) in [5.41, 5.74) is 2.78. The third-order valence-corrected chi connectivity index (χ3v) is 4.02. The van der Waals surface area contributed by atoms with Gasteiger partial charge < -0.3 is 4.90 Å². The van der Waals surface area contributed by atoms with Crippen LogP contribution in [-0.2, 0) is 4.79 Å². The molecule has 0 amide bonds. The molecule has 104 valence electrons. The van der Waals surface area contributed by atoms with Gasteiger partial charge in [-0.3, -0.25) is 4.79 Å². The molecule has 3 rings (SSSR count). The number of hydrogen-bond donors (Lipinski definition) is 0. The fourth-order valence-corrected chi connectivity index (χ4v) is 2.88. The first-order valence-electron chi connectivity index (χ1n) is 7.14. The van der Waals surface area contributed by atoms with E-state index in [1.54, 1.807) is 6.92 Å². The summed E-state index contributed by atoms with van der Waals surface area (Å²) in [4.78, 5) is 23.2. The number of aromatic nitrogens is 2. The van der Waals surface area contributed by atoms with E-state index in [9.17, 15) is 4.79 Å². The Bertz CT molecular complexity index is 653. The second kappa shape index (κ2) is 5.19. The van der Waals surface area contributed by atoms with Crippen LogP contribution in [0.15, 0.2) is 24.3 Å². The van der Waals surface area contributed by atoms with Crippen molar-refractivity contribution in [1.29, 1.82) is 0 Å². The number of para-hydroxylation sites is 2. The Morgan fingerprint density at radius 1 is 1.25 bits per heavy atom. The summed E-state index contributed by atoms with van der Waals surface area (Å²) in [5.74, 6) is 1.34. The van der Waals surface area contributed by atoms with Crippen molar-refractivity contribution in [2.75, 3.05) is 18.0 Å². The maximum Gasteiger partial charge on any atom is 0.150 e. The van der Waals surface area contributed by atoms with Crippen molar-refractivity contribution in [2.24, 2.45) is 5.92 Å². The monoisotopic (exact) mass is 269 g/mol. The molecule has 4 nitrogen and oxygen atoms in total. The van der Waals surface area contributed by atoms with E-state index in [-0.39, 0.29) is 11.7 Å². The zero-order valence-corrected chi connectivity index (χ0v) is 12.0. The molecule has 1 fully saturated rings. The Morgan fingerprint density at radius 3 is 2.65 bits per heavy atom. The fourth-order valence-electron chi connectivity index (χ4n) is 2.88. The van der Waals surface area contributed by atoms with Gasteiger partial charge in [-0.25, -0.2) is 9.97 Å². The summed E-state index contributed by atoms with van der Waals surface area (Å²) in [6, 6.07) is 7.92. The summed E-state index contributed by atoms with van der Waals surface area (Å²) in [6.07, 6.45) is 2.03. The second-order valence-electron chi connectivity index (χ2n) is 5.52. The molecule has 0 saturated carbocycles. The van der Waals surface area contributed by atoms with Gasteiger partial charge in [-0.15, -0.1) is 0 Å². The van der Waals surface area contributed by atoms with Crippen molar-refractivity contribution in [3.63, 3.8) is 0 Å². The zero-order chi connectivity index (χ0) is 14.1. The summed E-state index contributed by atoms with van der Waals surface area (Å²) < 4.78 is 0. The largest absolute Gasteiger partial charge is 0.354 e. The van der Waals surface area contributed by atoms with Crippen LogP contribution in [0.25, 0.3) is 11.0 Å². The van der Waals surface area contributed by atoms with E-state index in [1.807, 2.05) is 31.2 Å². The third kappa shape index (κ3) is 2.38. The quantitative estimate of drug-likeness (QED) is 0.841. The lowest BCUT2D eigenvalue weighted by Crippen LogP contribution is -2.39. The second-order valence-corrected chi connectivity index (χ2v) is 5.52. The lowest BCUT2D eigenvalue weighted by Gasteiger charge is -2.33. The van der Waals surface area contributed by atoms with Gasteiger partial charge in [-0.05, 0) is 38.8 Å². The highest BCUT2D eigenvalue weighted by molar-refractivity contribution is 5.80. The number of Topliss-reactive ketones (excluding diaryl/α,β-unsaturated/α-hetero) is 1. The van der Waals surface area contributed by atoms with Crippen LogP contribution in [-0.4, -0.2) is 28.8 Å². The number of benzene rings is 1. The van der Waals surface area contributed by atoms with Crippen molar-refractivity contribution >= 4 is 22.6 Å². The van der Waals surface area contributed by atoms with Crippen molar-refractivity contribution in [3.8, 4) is 0 Å². The third-order valence-electron chi connectivity index (χ3n) is 4.02. The van der Waals surface area contributed by atoms with Crippen LogP contribution in [0, 0.1) is 12.8 Å². The molecule has 0 aliphatic carbocycles. The van der Waals surface area contributed by atoms with E-state index in [0.29, 0.717) is 0 Å². The predicted molar refractivity (Wildman–Crippen MR) is 79.9 cm³/mol. The number of rotatable bonds is 2. The average molecular weight is 269 g/mol. The highest BCUT2D eigenvalue weighted by Gasteiger charge is 2.25. The molecule has 1 aliphatic rings. The van der Waals surface area contributed by atoms with Crippen molar-refractivity contribution in [3.05, 3.63) is 30.0 Å². The van der Waals surface area contributed by atoms with Gasteiger partial charge in [0.25, 0.3) is 0 Å². The summed E-state index contributed by atoms with van der Waals surface area (Å²) in [7, 11) is 0. The number of hydrogen-bond acceptors (Lipinski definition) is 4. The molecular weight excluding hydrogens is 250 g/mol. The minimum atomic E-state index is 0.136. The van der Waals surface area contributed by atoms with E-state index in [1.165, 1.54) is 0 Å². The maximum absolute atomic E-state index is 11.6. The Morgan fingerprint density at radius 2 is 1.95 bits per heavy atom. The van der Waals surface area contributed by atoms with Gasteiger partial charge in [-0.2, -0.15) is 0 Å². The summed E-state index contributed by atoms with van der Waals surface area (Å²) >= 11 is 0. The lowest BCUT2D eigenvalue weighted by atomic mass is 9.94. The maximum atomic E-state index is 11.6. The van der Waals surface area contributed by atoms with Crippen molar-refractivity contribution in [1.82, 2.24) is 9.97 Å². The topological polar surface area (TPSA) is 46.1 Å². The van der Waals surface area contributed by atoms with Gasteiger partial charge in [-0.1, -0.05) is 12.1 Å². The molecule has 1 unspecified atom stereocenters. The Balaban J connectivity index is 1.96. The number of ketones is 1. The van der Waals surface area contributed by atoms with E-state index >= 15 is 0 Å².